The van der Waals surface area contributed by atoms with Crippen LogP contribution in [-0.2, 0) is 4.74 Å². The van der Waals surface area contributed by atoms with E-state index in [4.69, 9.17) is 15.2 Å². The Morgan fingerprint density at radius 2 is 1.97 bits per heavy atom. The molecule has 0 amide bonds. The molecule has 0 bridgehead atoms. The fraction of sp³-hybridized carbons (Fsp3) is 0.360. The maximum absolute atomic E-state index is 6.27. The third-order valence-corrected chi connectivity index (χ3v) is 6.10. The lowest BCUT2D eigenvalue weighted by Crippen LogP contribution is -2.36. The SMILES string of the molecule is Nc1cc(-c2ccnc(Nc3ccc(N4CCOCC4)cc3)n2)ccc1OCC1CCNC1. The molecule has 8 heteroatoms. The van der Waals surface area contributed by atoms with E-state index >= 15 is 0 Å². The van der Waals surface area contributed by atoms with E-state index in [2.05, 4.69) is 37.6 Å². The third-order valence-electron chi connectivity index (χ3n) is 6.10. The molecule has 8 nitrogen and oxygen atoms in total. The van der Waals surface area contributed by atoms with E-state index in [0.29, 0.717) is 24.2 Å². The van der Waals surface area contributed by atoms with E-state index in [1.165, 1.54) is 5.69 Å². The highest BCUT2D eigenvalue weighted by atomic mass is 16.5. The Hall–Kier alpha value is -3.36. The van der Waals surface area contributed by atoms with E-state index in [0.717, 1.165) is 68.5 Å². The van der Waals surface area contributed by atoms with Gasteiger partial charge in [-0.15, -0.1) is 0 Å². The number of nitrogens with zero attached hydrogens (tertiary/aromatic N) is 3. The molecule has 0 radical (unpaired) electrons. The van der Waals surface area contributed by atoms with Crippen LogP contribution >= 0.6 is 0 Å². The summed E-state index contributed by atoms with van der Waals surface area (Å²) in [6.07, 6.45) is 2.89. The van der Waals surface area contributed by atoms with Crippen LogP contribution in [0.15, 0.2) is 54.7 Å². The maximum Gasteiger partial charge on any atom is 0.227 e. The monoisotopic (exact) mass is 446 g/mol. The van der Waals surface area contributed by atoms with Crippen LogP contribution in [0.1, 0.15) is 6.42 Å². The Labute approximate surface area is 194 Å². The number of morpholine rings is 1. The van der Waals surface area contributed by atoms with Gasteiger partial charge in [-0.05, 0) is 61.5 Å². The molecule has 2 saturated heterocycles. The molecule has 5 rings (SSSR count). The Morgan fingerprint density at radius 1 is 1.12 bits per heavy atom. The van der Waals surface area contributed by atoms with Gasteiger partial charge < -0.3 is 30.7 Å². The number of benzene rings is 2. The third kappa shape index (κ3) is 5.35. The smallest absolute Gasteiger partial charge is 0.227 e. The zero-order valence-corrected chi connectivity index (χ0v) is 18.7. The average molecular weight is 447 g/mol. The second-order valence-corrected chi connectivity index (χ2v) is 8.46. The number of anilines is 4. The van der Waals surface area contributed by atoms with Crippen molar-refractivity contribution in [3.05, 3.63) is 54.7 Å². The summed E-state index contributed by atoms with van der Waals surface area (Å²) in [7, 11) is 0. The van der Waals surface area contributed by atoms with Crippen LogP contribution in [0.3, 0.4) is 0 Å². The van der Waals surface area contributed by atoms with Crippen molar-refractivity contribution < 1.29 is 9.47 Å². The van der Waals surface area contributed by atoms with Crippen LogP contribution in [0.25, 0.3) is 11.3 Å². The normalized spacial score (nSPS) is 18.3. The minimum absolute atomic E-state index is 0.541. The van der Waals surface area contributed by atoms with Gasteiger partial charge >= 0.3 is 0 Å². The van der Waals surface area contributed by atoms with Gasteiger partial charge in [0, 0.05) is 48.7 Å². The molecule has 1 unspecified atom stereocenters. The number of nitrogens with two attached hydrogens (primary N) is 1. The number of rotatable bonds is 7. The van der Waals surface area contributed by atoms with Crippen molar-refractivity contribution in [2.75, 3.05) is 62.0 Å². The van der Waals surface area contributed by atoms with Gasteiger partial charge in [0.25, 0.3) is 0 Å². The molecule has 172 valence electrons. The lowest BCUT2D eigenvalue weighted by molar-refractivity contribution is 0.122. The predicted molar refractivity (Wildman–Crippen MR) is 131 cm³/mol. The molecule has 33 heavy (non-hydrogen) atoms. The van der Waals surface area contributed by atoms with Crippen molar-refractivity contribution in [3.63, 3.8) is 0 Å². The van der Waals surface area contributed by atoms with Crippen LogP contribution < -0.4 is 26.0 Å². The summed E-state index contributed by atoms with van der Waals surface area (Å²) >= 11 is 0. The summed E-state index contributed by atoms with van der Waals surface area (Å²) in [5.41, 5.74) is 10.7. The molecule has 0 aliphatic carbocycles. The number of nitrogens with one attached hydrogen (secondary N) is 2. The van der Waals surface area contributed by atoms with E-state index in [1.807, 2.05) is 36.4 Å². The van der Waals surface area contributed by atoms with Crippen LogP contribution in [-0.4, -0.2) is 56.0 Å². The van der Waals surface area contributed by atoms with Gasteiger partial charge in [0.15, 0.2) is 0 Å². The van der Waals surface area contributed by atoms with Gasteiger partial charge in [-0.3, -0.25) is 0 Å². The molecule has 2 fully saturated rings. The van der Waals surface area contributed by atoms with Crippen molar-refractivity contribution in [1.29, 1.82) is 0 Å². The van der Waals surface area contributed by atoms with Crippen LogP contribution in [0.4, 0.5) is 23.0 Å². The van der Waals surface area contributed by atoms with Gasteiger partial charge in [-0.2, -0.15) is 0 Å². The van der Waals surface area contributed by atoms with Crippen LogP contribution in [0.5, 0.6) is 5.75 Å². The minimum Gasteiger partial charge on any atom is -0.491 e. The highest BCUT2D eigenvalue weighted by molar-refractivity contribution is 5.69. The standard InChI is InChI=1S/C25H30N6O2/c26-22-15-19(1-6-24(22)33-17-18-7-9-27-16-18)23-8-10-28-25(30-23)29-20-2-4-21(5-3-20)31-11-13-32-14-12-31/h1-6,8,10,15,18,27H,7,9,11-14,16-17,26H2,(H,28,29,30). The molecule has 1 atom stereocenters. The van der Waals surface area contributed by atoms with Crippen molar-refractivity contribution in [1.82, 2.24) is 15.3 Å². The largest absolute Gasteiger partial charge is 0.491 e. The summed E-state index contributed by atoms with van der Waals surface area (Å²) in [4.78, 5) is 11.4. The van der Waals surface area contributed by atoms with E-state index in [1.54, 1.807) is 6.20 Å². The number of ether oxygens (including phenoxy) is 2. The Kier molecular flexibility index (Phi) is 6.55. The molecular weight excluding hydrogens is 416 g/mol. The Balaban J connectivity index is 1.24. The topological polar surface area (TPSA) is 97.6 Å². The molecule has 0 spiro atoms. The van der Waals surface area contributed by atoms with Crippen molar-refractivity contribution in [2.24, 2.45) is 5.92 Å². The predicted octanol–water partition coefficient (Wildman–Crippen LogP) is 3.29. The second kappa shape index (κ2) is 10.1. The molecular formula is C25H30N6O2. The molecule has 3 heterocycles. The molecule has 2 aliphatic rings. The molecule has 0 saturated carbocycles. The zero-order chi connectivity index (χ0) is 22.5. The molecule has 1 aromatic heterocycles. The Bertz CT molecular complexity index is 1060. The lowest BCUT2D eigenvalue weighted by Gasteiger charge is -2.28. The van der Waals surface area contributed by atoms with Crippen molar-refractivity contribution >= 4 is 23.0 Å². The minimum atomic E-state index is 0.541. The van der Waals surface area contributed by atoms with Gasteiger partial charge in [0.2, 0.25) is 5.95 Å². The van der Waals surface area contributed by atoms with Gasteiger partial charge in [0.05, 0.1) is 31.2 Å². The molecule has 2 aliphatic heterocycles. The first-order chi connectivity index (χ1) is 16.2. The van der Waals surface area contributed by atoms with E-state index in [9.17, 15) is 0 Å². The summed E-state index contributed by atoms with van der Waals surface area (Å²) in [5, 5.41) is 6.65. The average Bonchev–Trinajstić information content (AvgIpc) is 3.38. The number of aromatic nitrogens is 2. The van der Waals surface area contributed by atoms with Crippen LogP contribution in [0.2, 0.25) is 0 Å². The van der Waals surface area contributed by atoms with E-state index < -0.39 is 0 Å². The highest BCUT2D eigenvalue weighted by Gasteiger charge is 2.16. The first kappa shape index (κ1) is 21.5. The summed E-state index contributed by atoms with van der Waals surface area (Å²) < 4.78 is 11.4. The molecule has 2 aromatic carbocycles. The van der Waals surface area contributed by atoms with E-state index in [-0.39, 0.29) is 0 Å². The highest BCUT2D eigenvalue weighted by Crippen LogP contribution is 2.29. The first-order valence-electron chi connectivity index (χ1n) is 11.5. The number of nitrogen functional groups attached to an aromatic ring is 1. The second-order valence-electron chi connectivity index (χ2n) is 8.46. The van der Waals surface area contributed by atoms with Crippen LogP contribution in [0, 0.1) is 5.92 Å². The number of hydrogen-bond donors (Lipinski definition) is 3. The van der Waals surface area contributed by atoms with Gasteiger partial charge in [-0.1, -0.05) is 0 Å². The fourth-order valence-electron chi connectivity index (χ4n) is 4.19. The van der Waals surface area contributed by atoms with Gasteiger partial charge in [-0.25, -0.2) is 9.97 Å². The first-order valence-corrected chi connectivity index (χ1v) is 11.5. The maximum atomic E-state index is 6.27. The van der Waals surface area contributed by atoms with Crippen molar-refractivity contribution in [3.8, 4) is 17.0 Å². The fourth-order valence-corrected chi connectivity index (χ4v) is 4.19. The zero-order valence-electron chi connectivity index (χ0n) is 18.7. The summed E-state index contributed by atoms with van der Waals surface area (Å²) in [6.45, 7) is 6.13. The molecule has 4 N–H and O–H groups in total. The summed E-state index contributed by atoms with van der Waals surface area (Å²) in [5.74, 6) is 1.81. The molecule has 3 aromatic rings. The summed E-state index contributed by atoms with van der Waals surface area (Å²) in [6, 6.07) is 16.0. The van der Waals surface area contributed by atoms with Crippen molar-refractivity contribution in [2.45, 2.75) is 6.42 Å². The quantitative estimate of drug-likeness (QED) is 0.476. The Morgan fingerprint density at radius 3 is 2.73 bits per heavy atom. The lowest BCUT2D eigenvalue weighted by atomic mass is 10.1. The van der Waals surface area contributed by atoms with Gasteiger partial charge in [0.1, 0.15) is 5.75 Å². The number of hydrogen-bond acceptors (Lipinski definition) is 8.